The summed E-state index contributed by atoms with van der Waals surface area (Å²) in [6.07, 6.45) is 19.6. The summed E-state index contributed by atoms with van der Waals surface area (Å²) >= 11 is 2.97. The molecule has 12 nitrogen and oxygen atoms in total. The molecule has 0 bridgehead atoms. The lowest BCUT2D eigenvalue weighted by Crippen LogP contribution is -2.38. The monoisotopic (exact) mass is 911 g/mol. The van der Waals surface area contributed by atoms with Crippen LogP contribution in [0.3, 0.4) is 0 Å². The number of aromatic nitrogens is 3. The second-order valence-electron chi connectivity index (χ2n) is 17.0. The van der Waals surface area contributed by atoms with E-state index >= 15 is 0 Å². The molecule has 0 unspecified atom stereocenters. The van der Waals surface area contributed by atoms with Crippen molar-refractivity contribution in [1.82, 2.24) is 35.4 Å². The molecule has 0 saturated carbocycles. The van der Waals surface area contributed by atoms with Crippen LogP contribution in [0.15, 0.2) is 104 Å². The van der Waals surface area contributed by atoms with Gasteiger partial charge in [-0.1, -0.05) is 43.9 Å². The molecule has 2 aromatic carbocycles. The van der Waals surface area contributed by atoms with E-state index in [2.05, 4.69) is 25.6 Å². The minimum absolute atomic E-state index is 0.000516. The average molecular weight is 912 g/mol. The van der Waals surface area contributed by atoms with Gasteiger partial charge in [-0.15, -0.1) is 22.7 Å². The maximum Gasteiger partial charge on any atom is 0.261 e. The Balaban J connectivity index is 0.000000177. The van der Waals surface area contributed by atoms with Crippen LogP contribution in [0, 0.1) is 11.8 Å². The van der Waals surface area contributed by atoms with Gasteiger partial charge < -0.3 is 30.2 Å². The van der Waals surface area contributed by atoms with Crippen molar-refractivity contribution in [1.29, 1.82) is 0 Å². The van der Waals surface area contributed by atoms with E-state index in [0.717, 1.165) is 137 Å². The molecule has 2 saturated heterocycles. The first-order valence-electron chi connectivity index (χ1n) is 22.8. The predicted molar refractivity (Wildman–Crippen MR) is 260 cm³/mol. The summed E-state index contributed by atoms with van der Waals surface area (Å²) in [7, 11) is 1.60. The largest absolute Gasteiger partial charge is 0.496 e. The highest BCUT2D eigenvalue weighted by molar-refractivity contribution is 7.21. The van der Waals surface area contributed by atoms with E-state index in [0.29, 0.717) is 36.2 Å². The van der Waals surface area contributed by atoms with Crippen LogP contribution in [-0.2, 0) is 0 Å². The molecule has 65 heavy (non-hydrogen) atoms. The van der Waals surface area contributed by atoms with Gasteiger partial charge >= 0.3 is 0 Å². The second-order valence-corrected chi connectivity index (χ2v) is 19.2. The summed E-state index contributed by atoms with van der Waals surface area (Å²) in [5.74, 6) is 2.11. The molecule has 7 heterocycles. The van der Waals surface area contributed by atoms with Gasteiger partial charge in [-0.25, -0.2) is 0 Å². The molecule has 0 aliphatic carbocycles. The van der Waals surface area contributed by atoms with Gasteiger partial charge in [-0.05, 0) is 121 Å². The number of nitrogens with zero attached hydrogens (tertiary/aromatic N) is 4. The van der Waals surface area contributed by atoms with E-state index in [4.69, 9.17) is 4.74 Å². The quantitative estimate of drug-likeness (QED) is 0.0867. The number of nitrogens with one attached hydrogen (secondary N) is 3. The minimum Gasteiger partial charge on any atom is -0.496 e. The Hall–Kier alpha value is -6.12. The number of carbonyl (C=O) groups is 4. The summed E-state index contributed by atoms with van der Waals surface area (Å²) in [5.41, 5.74) is 2.40. The van der Waals surface area contributed by atoms with Crippen molar-refractivity contribution in [2.75, 3.05) is 46.4 Å². The number of thiophene rings is 2. The van der Waals surface area contributed by atoms with Crippen LogP contribution in [0.5, 0.6) is 5.75 Å². The summed E-state index contributed by atoms with van der Waals surface area (Å²) in [6.45, 7) is 4.62. The molecule has 2 aliphatic heterocycles. The van der Waals surface area contributed by atoms with Gasteiger partial charge in [0.1, 0.15) is 5.75 Å². The van der Waals surface area contributed by atoms with E-state index in [1.54, 1.807) is 31.9 Å². The molecule has 2 aliphatic rings. The fourth-order valence-corrected chi connectivity index (χ4v) is 10.8. The van der Waals surface area contributed by atoms with Crippen molar-refractivity contribution in [2.45, 2.75) is 64.2 Å². The Morgan fingerprint density at radius 1 is 0.662 bits per heavy atom. The van der Waals surface area contributed by atoms with E-state index in [9.17, 15) is 19.2 Å². The Labute approximate surface area is 387 Å². The average Bonchev–Trinajstić information content (AvgIpc) is 4.13. The summed E-state index contributed by atoms with van der Waals surface area (Å²) < 4.78 is 7.41. The fourth-order valence-electron chi connectivity index (χ4n) is 8.89. The lowest BCUT2D eigenvalue weighted by atomic mass is 9.91. The zero-order chi connectivity index (χ0) is 45.0. The first kappa shape index (κ1) is 45.4. The molecule has 2 fully saturated rings. The van der Waals surface area contributed by atoms with Gasteiger partial charge in [0.15, 0.2) is 0 Å². The van der Waals surface area contributed by atoms with Crippen LogP contribution in [0.1, 0.15) is 104 Å². The van der Waals surface area contributed by atoms with E-state index in [1.165, 1.54) is 22.7 Å². The molecule has 4 amide bonds. The highest BCUT2D eigenvalue weighted by Crippen LogP contribution is 2.29. The van der Waals surface area contributed by atoms with Crippen LogP contribution in [0.2, 0.25) is 0 Å². The standard InChI is InChI=1S/C26H28N4O2S.C25H29N3O3S/c31-25(23-16-20-6-11-27-17-24(20)33-23)29-10-2-1-3-18-8-13-30(14-9-18)26(32)21-5-4-19-7-12-28-22(19)15-21;1-31-21-8-3-2-7-20(21)25(30)28-14-10-18(11-15-28)6-4-5-12-27-24(29)22-16-19-9-13-26-17-23(19)32-22/h4-7,11-12,15-18,28H,1-3,8-10,13-14H2,(H,29,31);2-3,7-9,13,16-18H,4-6,10-12,14-15H2,1H3,(H,27,29). The molecule has 14 heteroatoms. The van der Waals surface area contributed by atoms with Crippen LogP contribution >= 0.6 is 22.7 Å². The maximum absolute atomic E-state index is 12.9. The fraction of sp³-hybridized carbons (Fsp3) is 0.373. The van der Waals surface area contributed by atoms with Crippen molar-refractivity contribution < 1.29 is 23.9 Å². The number of ether oxygens (including phenoxy) is 1. The van der Waals surface area contributed by atoms with Crippen molar-refractivity contribution >= 4 is 77.4 Å². The molecule has 7 aromatic rings. The van der Waals surface area contributed by atoms with Gasteiger partial charge in [0.05, 0.1) is 31.8 Å². The third-order valence-electron chi connectivity index (χ3n) is 12.7. The number of amides is 4. The van der Waals surface area contributed by atoms with Crippen molar-refractivity contribution in [3.05, 3.63) is 125 Å². The Morgan fingerprint density at radius 2 is 1.22 bits per heavy atom. The molecule has 0 spiro atoms. The minimum atomic E-state index is -0.00522. The molecular weight excluding hydrogens is 855 g/mol. The number of H-pyrrole nitrogens is 1. The van der Waals surface area contributed by atoms with Crippen LogP contribution in [-0.4, -0.2) is 94.8 Å². The maximum atomic E-state index is 12.9. The number of aromatic amines is 1. The molecular formula is C51H57N7O5S2. The molecule has 338 valence electrons. The molecule has 5 aromatic heterocycles. The highest BCUT2D eigenvalue weighted by atomic mass is 32.1. The third kappa shape index (κ3) is 11.8. The van der Waals surface area contributed by atoms with Gasteiger partial charge in [-0.2, -0.15) is 0 Å². The molecule has 9 rings (SSSR count). The summed E-state index contributed by atoms with van der Waals surface area (Å²) in [6, 6.07) is 23.0. The van der Waals surface area contributed by atoms with Crippen molar-refractivity contribution in [3.8, 4) is 5.75 Å². The Kier molecular flexibility index (Phi) is 15.5. The third-order valence-corrected chi connectivity index (χ3v) is 14.9. The first-order chi connectivity index (χ1) is 31.8. The second kappa shape index (κ2) is 22.2. The number of benzene rings is 2. The van der Waals surface area contributed by atoms with Crippen LogP contribution < -0.4 is 15.4 Å². The lowest BCUT2D eigenvalue weighted by molar-refractivity contribution is 0.0676. The van der Waals surface area contributed by atoms with Crippen LogP contribution in [0.4, 0.5) is 0 Å². The number of rotatable bonds is 15. The topological polar surface area (TPSA) is 150 Å². The molecule has 0 radical (unpaired) electrons. The number of para-hydroxylation sites is 1. The number of fused-ring (bicyclic) bond motifs is 3. The number of methoxy groups -OCH3 is 1. The van der Waals surface area contributed by atoms with E-state index in [-0.39, 0.29) is 23.6 Å². The molecule has 3 N–H and O–H groups in total. The smallest absolute Gasteiger partial charge is 0.261 e. The van der Waals surface area contributed by atoms with Crippen molar-refractivity contribution in [2.24, 2.45) is 11.8 Å². The van der Waals surface area contributed by atoms with E-state index < -0.39 is 0 Å². The number of hydrogen-bond donors (Lipinski definition) is 3. The van der Waals surface area contributed by atoms with Gasteiger partial charge in [0.2, 0.25) is 0 Å². The zero-order valence-electron chi connectivity index (χ0n) is 36.9. The normalized spacial score (nSPS) is 14.6. The van der Waals surface area contributed by atoms with Gasteiger partial charge in [-0.3, -0.25) is 29.1 Å². The van der Waals surface area contributed by atoms with Gasteiger partial charge in [0.25, 0.3) is 23.6 Å². The number of likely N-dealkylation sites (tertiary alicyclic amines) is 2. The van der Waals surface area contributed by atoms with Gasteiger partial charge in [0, 0.05) is 81.3 Å². The number of pyridine rings is 2. The van der Waals surface area contributed by atoms with Crippen LogP contribution in [0.25, 0.3) is 31.1 Å². The number of carbonyl (C=O) groups excluding carboxylic acids is 4. The number of piperidine rings is 2. The Bertz CT molecular complexity index is 2640. The van der Waals surface area contributed by atoms with E-state index in [1.807, 2.05) is 88.8 Å². The zero-order valence-corrected chi connectivity index (χ0v) is 38.6. The molecule has 0 atom stereocenters. The summed E-state index contributed by atoms with van der Waals surface area (Å²) in [5, 5.41) is 9.33. The predicted octanol–water partition coefficient (Wildman–Crippen LogP) is 9.99. The number of hydrogen-bond acceptors (Lipinski definition) is 9. The highest BCUT2D eigenvalue weighted by Gasteiger charge is 2.26. The first-order valence-corrected chi connectivity index (χ1v) is 24.5. The summed E-state index contributed by atoms with van der Waals surface area (Å²) in [4.78, 5) is 67.3. The number of unbranched alkanes of at least 4 members (excludes halogenated alkanes) is 2. The lowest BCUT2D eigenvalue weighted by Gasteiger charge is -2.32. The Morgan fingerprint density at radius 3 is 1.77 bits per heavy atom. The SMILES string of the molecule is COc1ccccc1C(=O)N1CCC(CCCCNC(=O)c2cc3ccncc3s2)CC1.O=C(NCCCCC1CCN(C(=O)c2ccc3cc[nH]c3c2)CC1)c1cc2ccncc2s1. The van der Waals surface area contributed by atoms with Crippen molar-refractivity contribution in [3.63, 3.8) is 0 Å².